The van der Waals surface area contributed by atoms with Crippen molar-refractivity contribution in [1.29, 1.82) is 0 Å². The van der Waals surface area contributed by atoms with Gasteiger partial charge in [0, 0.05) is 32.3 Å². The number of nitrogens with one attached hydrogen (secondary N) is 2. The molecule has 1 saturated heterocycles. The second-order valence-corrected chi connectivity index (χ2v) is 6.53. The summed E-state index contributed by atoms with van der Waals surface area (Å²) in [6, 6.07) is 0. The molecule has 3 rings (SSSR count). The smallest absolute Gasteiger partial charge is 0.220 e. The minimum absolute atomic E-state index is 0.0230. The highest BCUT2D eigenvalue weighted by Gasteiger charge is 2.37. The third kappa shape index (κ3) is 4.08. The van der Waals surface area contributed by atoms with Crippen LogP contribution in [0.2, 0.25) is 0 Å². The Balaban J connectivity index is 1.52. The lowest BCUT2D eigenvalue weighted by atomic mass is 9.95. The molecule has 2 aliphatic rings. The fourth-order valence-electron chi connectivity index (χ4n) is 3.59. The quantitative estimate of drug-likeness (QED) is 0.826. The topological polar surface area (TPSA) is 70.2 Å². The Morgan fingerprint density at radius 1 is 1.36 bits per heavy atom. The number of hydrogen-bond donors (Lipinski definition) is 2. The van der Waals surface area contributed by atoms with Crippen molar-refractivity contribution in [3.8, 4) is 0 Å². The van der Waals surface area contributed by atoms with Crippen molar-refractivity contribution in [2.45, 2.75) is 44.1 Å². The van der Waals surface area contributed by atoms with Crippen LogP contribution in [-0.4, -0.2) is 59.4 Å². The summed E-state index contributed by atoms with van der Waals surface area (Å²) in [5, 5.41) is 10.1. The van der Waals surface area contributed by atoms with Gasteiger partial charge >= 0.3 is 0 Å². The standard InChI is InChI=1S/C16H26N4O2/c21-15(4-3-14-11-17-18-12-14)19-16(5-1-2-6-16)13-20-7-9-22-10-8-20/h11-12H,1-10,13H2,(H,17,18)(H,19,21). The van der Waals surface area contributed by atoms with Gasteiger partial charge in [-0.2, -0.15) is 5.10 Å². The van der Waals surface area contributed by atoms with Gasteiger partial charge in [0.25, 0.3) is 0 Å². The van der Waals surface area contributed by atoms with Crippen LogP contribution < -0.4 is 5.32 Å². The molecule has 122 valence electrons. The van der Waals surface area contributed by atoms with Crippen LogP contribution >= 0.6 is 0 Å². The highest BCUT2D eigenvalue weighted by atomic mass is 16.5. The van der Waals surface area contributed by atoms with Crippen molar-refractivity contribution in [3.05, 3.63) is 18.0 Å². The maximum atomic E-state index is 12.4. The number of rotatable bonds is 6. The Labute approximate surface area is 131 Å². The number of aryl methyl sites for hydroxylation is 1. The summed E-state index contributed by atoms with van der Waals surface area (Å²) in [6.45, 7) is 4.54. The molecule has 2 fully saturated rings. The molecule has 1 amide bonds. The molecule has 6 heteroatoms. The number of carbonyl (C=O) groups is 1. The Morgan fingerprint density at radius 2 is 2.14 bits per heavy atom. The molecule has 0 atom stereocenters. The molecule has 1 saturated carbocycles. The summed E-state index contributed by atoms with van der Waals surface area (Å²) < 4.78 is 5.42. The van der Waals surface area contributed by atoms with Gasteiger partial charge in [-0.3, -0.25) is 14.8 Å². The monoisotopic (exact) mass is 306 g/mol. The lowest BCUT2D eigenvalue weighted by molar-refractivity contribution is -0.123. The van der Waals surface area contributed by atoms with E-state index in [0.717, 1.165) is 57.7 Å². The van der Waals surface area contributed by atoms with Crippen molar-refractivity contribution < 1.29 is 9.53 Å². The van der Waals surface area contributed by atoms with E-state index < -0.39 is 0 Å². The third-order valence-corrected chi connectivity index (χ3v) is 4.79. The minimum atomic E-state index is -0.0230. The molecule has 6 nitrogen and oxygen atoms in total. The SMILES string of the molecule is O=C(CCc1cn[nH]c1)NC1(CN2CCOCC2)CCCC1. The molecular formula is C16H26N4O2. The summed E-state index contributed by atoms with van der Waals surface area (Å²) in [4.78, 5) is 14.8. The predicted molar refractivity (Wildman–Crippen MR) is 83.5 cm³/mol. The Kier molecular flexibility index (Phi) is 5.10. The summed E-state index contributed by atoms with van der Waals surface area (Å²) in [6.07, 6.45) is 9.54. The van der Waals surface area contributed by atoms with Gasteiger partial charge in [0.2, 0.25) is 5.91 Å². The first-order valence-corrected chi connectivity index (χ1v) is 8.35. The van der Waals surface area contributed by atoms with Gasteiger partial charge in [-0.15, -0.1) is 0 Å². The number of carbonyl (C=O) groups excluding carboxylic acids is 1. The average molecular weight is 306 g/mol. The van der Waals surface area contributed by atoms with Crippen LogP contribution in [0.25, 0.3) is 0 Å². The van der Waals surface area contributed by atoms with E-state index in [-0.39, 0.29) is 11.4 Å². The fraction of sp³-hybridized carbons (Fsp3) is 0.750. The largest absolute Gasteiger partial charge is 0.379 e. The average Bonchev–Trinajstić information content (AvgIpc) is 3.18. The number of amides is 1. The fourth-order valence-corrected chi connectivity index (χ4v) is 3.59. The van der Waals surface area contributed by atoms with Crippen LogP contribution in [0.5, 0.6) is 0 Å². The molecule has 0 bridgehead atoms. The summed E-state index contributed by atoms with van der Waals surface area (Å²) in [5.41, 5.74) is 1.06. The Hall–Kier alpha value is -1.40. The van der Waals surface area contributed by atoms with E-state index in [4.69, 9.17) is 4.74 Å². The number of ether oxygens (including phenoxy) is 1. The van der Waals surface area contributed by atoms with Crippen LogP contribution in [-0.2, 0) is 16.0 Å². The van der Waals surface area contributed by atoms with Crippen LogP contribution in [0.1, 0.15) is 37.7 Å². The van der Waals surface area contributed by atoms with Crippen molar-refractivity contribution in [1.82, 2.24) is 20.4 Å². The number of H-pyrrole nitrogens is 1. The molecule has 1 aliphatic heterocycles. The molecule has 0 spiro atoms. The lowest BCUT2D eigenvalue weighted by Crippen LogP contribution is -2.55. The van der Waals surface area contributed by atoms with E-state index in [1.807, 2.05) is 6.20 Å². The first-order valence-electron chi connectivity index (χ1n) is 8.35. The van der Waals surface area contributed by atoms with E-state index in [9.17, 15) is 4.79 Å². The highest BCUT2D eigenvalue weighted by Crippen LogP contribution is 2.31. The molecule has 22 heavy (non-hydrogen) atoms. The number of nitrogens with zero attached hydrogens (tertiary/aromatic N) is 2. The van der Waals surface area contributed by atoms with E-state index in [1.54, 1.807) is 6.20 Å². The van der Waals surface area contributed by atoms with Gasteiger partial charge in [0.1, 0.15) is 0 Å². The second kappa shape index (κ2) is 7.24. The van der Waals surface area contributed by atoms with Crippen molar-refractivity contribution >= 4 is 5.91 Å². The zero-order valence-electron chi connectivity index (χ0n) is 13.1. The van der Waals surface area contributed by atoms with E-state index in [2.05, 4.69) is 20.4 Å². The van der Waals surface area contributed by atoms with Crippen molar-refractivity contribution in [3.63, 3.8) is 0 Å². The predicted octanol–water partition coefficient (Wildman–Crippen LogP) is 1.10. The summed E-state index contributed by atoms with van der Waals surface area (Å²) in [7, 11) is 0. The van der Waals surface area contributed by atoms with Gasteiger partial charge in [0.15, 0.2) is 0 Å². The molecule has 1 aromatic heterocycles. The Morgan fingerprint density at radius 3 is 2.82 bits per heavy atom. The van der Waals surface area contributed by atoms with Crippen molar-refractivity contribution in [2.75, 3.05) is 32.8 Å². The molecule has 1 aromatic rings. The molecule has 2 heterocycles. The van der Waals surface area contributed by atoms with Crippen molar-refractivity contribution in [2.24, 2.45) is 0 Å². The zero-order valence-corrected chi connectivity index (χ0v) is 13.1. The van der Waals surface area contributed by atoms with Gasteiger partial charge < -0.3 is 10.1 Å². The van der Waals surface area contributed by atoms with E-state index in [0.29, 0.717) is 6.42 Å². The van der Waals surface area contributed by atoms with Crippen LogP contribution in [0.3, 0.4) is 0 Å². The Bertz CT molecular complexity index is 463. The third-order valence-electron chi connectivity index (χ3n) is 4.79. The number of hydrogen-bond acceptors (Lipinski definition) is 4. The molecule has 0 radical (unpaired) electrons. The van der Waals surface area contributed by atoms with Gasteiger partial charge in [-0.1, -0.05) is 12.8 Å². The second-order valence-electron chi connectivity index (χ2n) is 6.53. The van der Waals surface area contributed by atoms with Crippen LogP contribution in [0.15, 0.2) is 12.4 Å². The number of aromatic amines is 1. The normalized spacial score (nSPS) is 21.8. The lowest BCUT2D eigenvalue weighted by Gasteiger charge is -2.37. The molecule has 2 N–H and O–H groups in total. The van der Waals surface area contributed by atoms with Crippen LogP contribution in [0.4, 0.5) is 0 Å². The van der Waals surface area contributed by atoms with Crippen LogP contribution in [0, 0.1) is 0 Å². The first kappa shape index (κ1) is 15.5. The number of aromatic nitrogens is 2. The number of morpholine rings is 1. The summed E-state index contributed by atoms with van der Waals surface area (Å²) >= 11 is 0. The first-order chi connectivity index (χ1) is 10.8. The maximum Gasteiger partial charge on any atom is 0.220 e. The highest BCUT2D eigenvalue weighted by molar-refractivity contribution is 5.77. The van der Waals surface area contributed by atoms with E-state index >= 15 is 0 Å². The van der Waals surface area contributed by atoms with Gasteiger partial charge in [-0.05, 0) is 24.8 Å². The molecule has 0 aromatic carbocycles. The van der Waals surface area contributed by atoms with E-state index in [1.165, 1.54) is 12.8 Å². The summed E-state index contributed by atoms with van der Waals surface area (Å²) in [5.74, 6) is 0.163. The van der Waals surface area contributed by atoms with Gasteiger partial charge in [0.05, 0.1) is 24.9 Å². The maximum absolute atomic E-state index is 12.4. The minimum Gasteiger partial charge on any atom is -0.379 e. The zero-order chi connectivity index (χ0) is 15.3. The van der Waals surface area contributed by atoms with Gasteiger partial charge in [-0.25, -0.2) is 0 Å². The molecular weight excluding hydrogens is 280 g/mol. The molecule has 0 unspecified atom stereocenters. The molecule has 1 aliphatic carbocycles.